The number of hydrogen-bond acceptors (Lipinski definition) is 2. The average Bonchev–Trinajstić information content (AvgIpc) is 2.81. The molecule has 18 heavy (non-hydrogen) atoms. The van der Waals surface area contributed by atoms with Crippen molar-refractivity contribution in [3.05, 3.63) is 47.8 Å². The number of alkyl halides is 3. The van der Waals surface area contributed by atoms with Gasteiger partial charge in [-0.2, -0.15) is 18.3 Å². The van der Waals surface area contributed by atoms with Gasteiger partial charge in [0.2, 0.25) is 0 Å². The molecule has 0 saturated heterocycles. The van der Waals surface area contributed by atoms with E-state index in [9.17, 15) is 13.2 Å². The predicted molar refractivity (Wildman–Crippen MR) is 62.1 cm³/mol. The van der Waals surface area contributed by atoms with E-state index in [4.69, 9.17) is 0 Å². The summed E-state index contributed by atoms with van der Waals surface area (Å²) in [7, 11) is 0. The Morgan fingerprint density at radius 2 is 2.06 bits per heavy atom. The van der Waals surface area contributed by atoms with Crippen LogP contribution in [0, 0.1) is 0 Å². The number of anilines is 1. The van der Waals surface area contributed by atoms with E-state index in [2.05, 4.69) is 15.5 Å². The Kier molecular flexibility index (Phi) is 3.27. The van der Waals surface area contributed by atoms with Gasteiger partial charge in [0.25, 0.3) is 0 Å². The van der Waals surface area contributed by atoms with E-state index in [1.807, 2.05) is 6.92 Å². The van der Waals surface area contributed by atoms with Crippen LogP contribution < -0.4 is 5.32 Å². The Morgan fingerprint density at radius 3 is 2.67 bits per heavy atom. The number of benzene rings is 1. The highest BCUT2D eigenvalue weighted by Crippen LogP contribution is 2.31. The number of nitrogens with zero attached hydrogens (tertiary/aromatic N) is 1. The first-order valence-corrected chi connectivity index (χ1v) is 5.40. The van der Waals surface area contributed by atoms with Gasteiger partial charge in [-0.05, 0) is 31.2 Å². The highest BCUT2D eigenvalue weighted by molar-refractivity contribution is 5.47. The first kappa shape index (κ1) is 12.5. The molecule has 0 radical (unpaired) electrons. The molecule has 0 aliphatic carbocycles. The summed E-state index contributed by atoms with van der Waals surface area (Å²) in [4.78, 5) is 0. The molecule has 0 amide bonds. The highest BCUT2D eigenvalue weighted by Gasteiger charge is 2.30. The molecule has 3 nitrogen and oxygen atoms in total. The van der Waals surface area contributed by atoms with Gasteiger partial charge >= 0.3 is 6.18 Å². The van der Waals surface area contributed by atoms with Crippen LogP contribution in [0.3, 0.4) is 0 Å². The van der Waals surface area contributed by atoms with Crippen LogP contribution in [0.1, 0.15) is 24.2 Å². The van der Waals surface area contributed by atoms with Gasteiger partial charge in [0, 0.05) is 11.9 Å². The molecule has 1 atom stereocenters. The first-order valence-electron chi connectivity index (χ1n) is 5.40. The third-order valence-electron chi connectivity index (χ3n) is 2.56. The standard InChI is InChI=1S/C12H12F3N3/c1-8(11-5-6-16-18-11)17-10-4-2-3-9(7-10)12(13,14)15/h2-8,17H,1H3,(H,16,18). The third-order valence-corrected chi connectivity index (χ3v) is 2.56. The zero-order chi connectivity index (χ0) is 13.2. The second-order valence-electron chi connectivity index (χ2n) is 3.96. The molecular weight excluding hydrogens is 243 g/mol. The molecule has 2 aromatic rings. The number of hydrogen-bond donors (Lipinski definition) is 2. The normalized spacial score (nSPS) is 13.3. The smallest absolute Gasteiger partial charge is 0.377 e. The zero-order valence-electron chi connectivity index (χ0n) is 9.62. The Morgan fingerprint density at radius 1 is 1.28 bits per heavy atom. The van der Waals surface area contributed by atoms with Gasteiger partial charge in [-0.1, -0.05) is 6.07 Å². The van der Waals surface area contributed by atoms with Gasteiger partial charge in [-0.15, -0.1) is 0 Å². The van der Waals surface area contributed by atoms with E-state index < -0.39 is 11.7 Å². The van der Waals surface area contributed by atoms with Crippen molar-refractivity contribution in [2.24, 2.45) is 0 Å². The number of aromatic nitrogens is 2. The summed E-state index contributed by atoms with van der Waals surface area (Å²) < 4.78 is 37.6. The maximum atomic E-state index is 12.5. The van der Waals surface area contributed by atoms with Crippen LogP contribution in [0.15, 0.2) is 36.5 Å². The van der Waals surface area contributed by atoms with Crippen LogP contribution in [0.4, 0.5) is 18.9 Å². The second kappa shape index (κ2) is 4.72. The summed E-state index contributed by atoms with van der Waals surface area (Å²) in [6.45, 7) is 1.84. The SMILES string of the molecule is CC(Nc1cccc(C(F)(F)F)c1)c1ccn[nH]1. The first-order chi connectivity index (χ1) is 8.47. The van der Waals surface area contributed by atoms with Crippen molar-refractivity contribution in [3.63, 3.8) is 0 Å². The van der Waals surface area contributed by atoms with Crippen LogP contribution in [-0.2, 0) is 6.18 Å². The van der Waals surface area contributed by atoms with Crippen molar-refractivity contribution >= 4 is 5.69 Å². The van der Waals surface area contributed by atoms with Crippen molar-refractivity contribution in [3.8, 4) is 0 Å². The minimum atomic E-state index is -4.32. The molecular formula is C12H12F3N3. The Balaban J connectivity index is 2.15. The lowest BCUT2D eigenvalue weighted by atomic mass is 10.1. The minimum Gasteiger partial charge on any atom is -0.377 e. The lowest BCUT2D eigenvalue weighted by molar-refractivity contribution is -0.137. The maximum Gasteiger partial charge on any atom is 0.416 e. The Bertz CT molecular complexity index is 506. The fourth-order valence-corrected chi connectivity index (χ4v) is 1.62. The number of H-pyrrole nitrogens is 1. The molecule has 0 aliphatic heterocycles. The molecule has 2 N–H and O–H groups in total. The van der Waals surface area contributed by atoms with Crippen molar-refractivity contribution in [1.82, 2.24) is 10.2 Å². The van der Waals surface area contributed by atoms with E-state index in [-0.39, 0.29) is 6.04 Å². The van der Waals surface area contributed by atoms with Gasteiger partial charge in [-0.3, -0.25) is 5.10 Å². The molecule has 1 aromatic carbocycles. The van der Waals surface area contributed by atoms with Crippen molar-refractivity contribution < 1.29 is 13.2 Å². The summed E-state index contributed by atoms with van der Waals surface area (Å²) in [5, 5.41) is 9.55. The second-order valence-corrected chi connectivity index (χ2v) is 3.96. The van der Waals surface area contributed by atoms with E-state index >= 15 is 0 Å². The molecule has 0 fully saturated rings. The topological polar surface area (TPSA) is 40.7 Å². The Labute approximate surface area is 102 Å². The van der Waals surface area contributed by atoms with Crippen LogP contribution >= 0.6 is 0 Å². The van der Waals surface area contributed by atoms with E-state index in [0.717, 1.165) is 17.8 Å². The van der Waals surface area contributed by atoms with Gasteiger partial charge in [0.1, 0.15) is 0 Å². The fraction of sp³-hybridized carbons (Fsp3) is 0.250. The van der Waals surface area contributed by atoms with E-state index in [1.165, 1.54) is 6.07 Å². The van der Waals surface area contributed by atoms with Crippen LogP contribution in [0.2, 0.25) is 0 Å². The predicted octanol–water partition coefficient (Wildman–Crippen LogP) is 3.60. The molecule has 1 unspecified atom stereocenters. The van der Waals surface area contributed by atoms with Crippen molar-refractivity contribution in [1.29, 1.82) is 0 Å². The number of halogens is 3. The summed E-state index contributed by atoms with van der Waals surface area (Å²) in [6.07, 6.45) is -2.73. The average molecular weight is 255 g/mol. The van der Waals surface area contributed by atoms with Crippen LogP contribution in [0.5, 0.6) is 0 Å². The monoisotopic (exact) mass is 255 g/mol. The number of nitrogens with one attached hydrogen (secondary N) is 2. The third kappa shape index (κ3) is 2.82. The molecule has 1 aromatic heterocycles. The van der Waals surface area contributed by atoms with Crippen LogP contribution in [-0.4, -0.2) is 10.2 Å². The zero-order valence-corrected chi connectivity index (χ0v) is 9.62. The molecule has 96 valence electrons. The van der Waals surface area contributed by atoms with Gasteiger partial charge in [-0.25, -0.2) is 0 Å². The number of rotatable bonds is 3. The summed E-state index contributed by atoms with van der Waals surface area (Å²) in [6, 6.07) is 6.74. The molecule has 6 heteroatoms. The van der Waals surface area contributed by atoms with Crippen molar-refractivity contribution in [2.45, 2.75) is 19.1 Å². The molecule has 0 bridgehead atoms. The van der Waals surface area contributed by atoms with E-state index in [1.54, 1.807) is 18.3 Å². The maximum absolute atomic E-state index is 12.5. The molecule has 2 rings (SSSR count). The summed E-state index contributed by atoms with van der Waals surface area (Å²) in [5.41, 5.74) is 0.573. The largest absolute Gasteiger partial charge is 0.416 e. The quantitative estimate of drug-likeness (QED) is 0.879. The molecule has 0 aliphatic rings. The fourth-order valence-electron chi connectivity index (χ4n) is 1.62. The van der Waals surface area contributed by atoms with Crippen LogP contribution in [0.25, 0.3) is 0 Å². The van der Waals surface area contributed by atoms with Gasteiger partial charge < -0.3 is 5.32 Å². The highest BCUT2D eigenvalue weighted by atomic mass is 19.4. The van der Waals surface area contributed by atoms with E-state index in [0.29, 0.717) is 5.69 Å². The Hall–Kier alpha value is -1.98. The minimum absolute atomic E-state index is 0.143. The molecule has 0 spiro atoms. The molecule has 0 saturated carbocycles. The van der Waals surface area contributed by atoms with Gasteiger partial charge in [0.15, 0.2) is 0 Å². The summed E-state index contributed by atoms with van der Waals surface area (Å²) in [5.74, 6) is 0. The molecule has 1 heterocycles. The van der Waals surface area contributed by atoms with Crippen molar-refractivity contribution in [2.75, 3.05) is 5.32 Å². The van der Waals surface area contributed by atoms with Gasteiger partial charge in [0.05, 0.1) is 17.3 Å². The summed E-state index contributed by atoms with van der Waals surface area (Å²) >= 11 is 0. The lowest BCUT2D eigenvalue weighted by Crippen LogP contribution is -2.09. The number of aromatic amines is 1. The lowest BCUT2D eigenvalue weighted by Gasteiger charge is -2.15.